The van der Waals surface area contributed by atoms with Gasteiger partial charge >= 0.3 is 0 Å². The molecule has 4 nitrogen and oxygen atoms in total. The molecule has 0 spiro atoms. The molecule has 2 rings (SSSR count). The number of halogens is 1. The molecule has 2 aromatic carbocycles. The molecule has 0 unspecified atom stereocenters. The average molecular weight is 398 g/mol. The Labute approximate surface area is 146 Å². The van der Waals surface area contributed by atoms with Gasteiger partial charge in [-0.1, -0.05) is 29.8 Å². The van der Waals surface area contributed by atoms with Crippen molar-refractivity contribution < 1.29 is 13.2 Å². The Balaban J connectivity index is 2.39. The Kier molecular flexibility index (Phi) is 5.37. The van der Waals surface area contributed by atoms with E-state index < -0.39 is 10.0 Å². The summed E-state index contributed by atoms with van der Waals surface area (Å²) in [4.78, 5) is 0.225. The fourth-order valence-electron chi connectivity index (χ4n) is 2.25. The molecule has 2 aromatic rings. The zero-order valence-corrected chi connectivity index (χ0v) is 16.0. The number of ether oxygens (including phenoxy) is 1. The lowest BCUT2D eigenvalue weighted by molar-refractivity contribution is 0.407. The number of hydrogen-bond donors (Lipinski definition) is 1. The lowest BCUT2D eigenvalue weighted by Gasteiger charge is -2.15. The monoisotopic (exact) mass is 397 g/mol. The first-order chi connectivity index (χ1) is 10.7. The second-order valence-electron chi connectivity index (χ2n) is 5.63. The van der Waals surface area contributed by atoms with Crippen LogP contribution < -0.4 is 9.46 Å². The van der Waals surface area contributed by atoms with E-state index in [1.165, 1.54) is 0 Å². The predicted molar refractivity (Wildman–Crippen MR) is 96.8 cm³/mol. The van der Waals surface area contributed by atoms with Crippen LogP contribution in [0.25, 0.3) is 0 Å². The molecular weight excluding hydrogens is 378 g/mol. The van der Waals surface area contributed by atoms with Crippen LogP contribution in [-0.4, -0.2) is 15.5 Å². The van der Waals surface area contributed by atoms with Gasteiger partial charge in [-0.05, 0) is 60.4 Å². The molecule has 0 fully saturated rings. The molecule has 0 bridgehead atoms. The van der Waals surface area contributed by atoms with Crippen molar-refractivity contribution in [2.45, 2.75) is 31.6 Å². The lowest BCUT2D eigenvalue weighted by atomic mass is 10.0. The minimum Gasteiger partial charge on any atom is -0.496 e. The molecule has 0 aliphatic carbocycles. The number of anilines is 1. The van der Waals surface area contributed by atoms with E-state index in [0.29, 0.717) is 11.4 Å². The van der Waals surface area contributed by atoms with Crippen molar-refractivity contribution in [1.29, 1.82) is 0 Å². The number of rotatable bonds is 5. The van der Waals surface area contributed by atoms with Gasteiger partial charge in [-0.2, -0.15) is 0 Å². The standard InChI is InChI=1S/C17H20BrNO3S/c1-11(2)15-10-14(6-8-17(15)22-4)23(20,21)19-13-5-7-16(18)12(3)9-13/h5-11,19H,1-4H3. The van der Waals surface area contributed by atoms with E-state index in [0.717, 1.165) is 15.6 Å². The summed E-state index contributed by atoms with van der Waals surface area (Å²) >= 11 is 3.40. The molecule has 124 valence electrons. The summed E-state index contributed by atoms with van der Waals surface area (Å²) in [6.45, 7) is 5.91. The lowest BCUT2D eigenvalue weighted by Crippen LogP contribution is -2.13. The summed E-state index contributed by atoms with van der Waals surface area (Å²) in [5.74, 6) is 0.855. The number of hydrogen-bond acceptors (Lipinski definition) is 3. The highest BCUT2D eigenvalue weighted by atomic mass is 79.9. The first-order valence-electron chi connectivity index (χ1n) is 7.21. The van der Waals surface area contributed by atoms with Crippen molar-refractivity contribution in [3.8, 4) is 5.75 Å². The quantitative estimate of drug-likeness (QED) is 0.795. The second-order valence-corrected chi connectivity index (χ2v) is 8.16. The summed E-state index contributed by atoms with van der Waals surface area (Å²) in [6.07, 6.45) is 0. The van der Waals surface area contributed by atoms with Crippen LogP contribution in [0.5, 0.6) is 5.75 Å². The fraction of sp³-hybridized carbons (Fsp3) is 0.294. The summed E-state index contributed by atoms with van der Waals surface area (Å²) in [5, 5.41) is 0. The van der Waals surface area contributed by atoms with Gasteiger partial charge in [-0.3, -0.25) is 4.72 Å². The minimum absolute atomic E-state index is 0.162. The van der Waals surface area contributed by atoms with Crippen LogP contribution >= 0.6 is 15.9 Å². The Hall–Kier alpha value is -1.53. The molecule has 0 aliphatic rings. The first-order valence-corrected chi connectivity index (χ1v) is 9.49. The van der Waals surface area contributed by atoms with Gasteiger partial charge in [-0.15, -0.1) is 0 Å². The third kappa shape index (κ3) is 4.06. The van der Waals surface area contributed by atoms with Crippen molar-refractivity contribution in [2.24, 2.45) is 0 Å². The minimum atomic E-state index is -3.64. The van der Waals surface area contributed by atoms with Gasteiger partial charge in [0.1, 0.15) is 5.75 Å². The maximum atomic E-state index is 12.6. The molecule has 1 N–H and O–H groups in total. The SMILES string of the molecule is COc1ccc(S(=O)(=O)Nc2ccc(Br)c(C)c2)cc1C(C)C. The van der Waals surface area contributed by atoms with Gasteiger partial charge in [0.15, 0.2) is 0 Å². The van der Waals surface area contributed by atoms with Crippen molar-refractivity contribution in [2.75, 3.05) is 11.8 Å². The number of sulfonamides is 1. The molecule has 0 atom stereocenters. The second kappa shape index (κ2) is 6.93. The van der Waals surface area contributed by atoms with E-state index in [-0.39, 0.29) is 10.8 Å². The summed E-state index contributed by atoms with van der Waals surface area (Å²) < 4.78 is 34.1. The zero-order chi connectivity index (χ0) is 17.2. The summed E-state index contributed by atoms with van der Waals surface area (Å²) in [5.41, 5.74) is 2.36. The Bertz CT molecular complexity index is 817. The Morgan fingerprint density at radius 2 is 1.83 bits per heavy atom. The van der Waals surface area contributed by atoms with Gasteiger partial charge in [0.25, 0.3) is 10.0 Å². The van der Waals surface area contributed by atoms with Crippen LogP contribution in [0.4, 0.5) is 5.69 Å². The van der Waals surface area contributed by atoms with E-state index in [4.69, 9.17) is 4.74 Å². The molecule has 0 radical (unpaired) electrons. The first kappa shape index (κ1) is 17.8. The summed E-state index contributed by atoms with van der Waals surface area (Å²) in [7, 11) is -2.06. The molecule has 0 aliphatic heterocycles. The van der Waals surface area contributed by atoms with Crippen molar-refractivity contribution in [3.05, 3.63) is 52.0 Å². The molecule has 0 aromatic heterocycles. The number of aryl methyl sites for hydroxylation is 1. The van der Waals surface area contributed by atoms with Crippen LogP contribution in [-0.2, 0) is 10.0 Å². The maximum absolute atomic E-state index is 12.6. The molecule has 6 heteroatoms. The van der Waals surface area contributed by atoms with Crippen molar-refractivity contribution in [1.82, 2.24) is 0 Å². The van der Waals surface area contributed by atoms with Gasteiger partial charge in [0, 0.05) is 10.2 Å². The number of nitrogens with one attached hydrogen (secondary N) is 1. The van der Waals surface area contributed by atoms with E-state index in [1.54, 1.807) is 37.4 Å². The number of benzene rings is 2. The van der Waals surface area contributed by atoms with E-state index >= 15 is 0 Å². The van der Waals surface area contributed by atoms with E-state index in [9.17, 15) is 8.42 Å². The Morgan fingerprint density at radius 3 is 2.39 bits per heavy atom. The predicted octanol–water partition coefficient (Wildman–Crippen LogP) is 4.69. The van der Waals surface area contributed by atoms with Crippen LogP contribution in [0.1, 0.15) is 30.9 Å². The summed E-state index contributed by atoms with van der Waals surface area (Å²) in [6, 6.07) is 10.2. The van der Waals surface area contributed by atoms with Crippen LogP contribution in [0.15, 0.2) is 45.8 Å². The highest BCUT2D eigenvalue weighted by Gasteiger charge is 2.18. The average Bonchev–Trinajstić information content (AvgIpc) is 2.50. The third-order valence-electron chi connectivity index (χ3n) is 3.54. The molecule has 0 saturated carbocycles. The van der Waals surface area contributed by atoms with E-state index in [2.05, 4.69) is 20.7 Å². The topological polar surface area (TPSA) is 55.4 Å². The van der Waals surface area contributed by atoms with Crippen LogP contribution in [0.2, 0.25) is 0 Å². The smallest absolute Gasteiger partial charge is 0.261 e. The van der Waals surface area contributed by atoms with E-state index in [1.807, 2.05) is 26.8 Å². The van der Waals surface area contributed by atoms with Gasteiger partial charge in [0.2, 0.25) is 0 Å². The number of methoxy groups -OCH3 is 1. The van der Waals surface area contributed by atoms with Gasteiger partial charge in [0.05, 0.1) is 12.0 Å². The van der Waals surface area contributed by atoms with Crippen LogP contribution in [0, 0.1) is 6.92 Å². The van der Waals surface area contributed by atoms with Gasteiger partial charge < -0.3 is 4.74 Å². The molecule has 0 amide bonds. The largest absolute Gasteiger partial charge is 0.496 e. The third-order valence-corrected chi connectivity index (χ3v) is 5.81. The zero-order valence-electron chi connectivity index (χ0n) is 13.6. The highest BCUT2D eigenvalue weighted by Crippen LogP contribution is 2.30. The maximum Gasteiger partial charge on any atom is 0.261 e. The van der Waals surface area contributed by atoms with Crippen molar-refractivity contribution in [3.63, 3.8) is 0 Å². The molecular formula is C17H20BrNO3S. The fourth-order valence-corrected chi connectivity index (χ4v) is 3.58. The molecule has 23 heavy (non-hydrogen) atoms. The molecule has 0 heterocycles. The normalized spacial score (nSPS) is 11.6. The molecule has 0 saturated heterocycles. The van der Waals surface area contributed by atoms with Crippen molar-refractivity contribution >= 4 is 31.6 Å². The van der Waals surface area contributed by atoms with Gasteiger partial charge in [-0.25, -0.2) is 8.42 Å². The van der Waals surface area contributed by atoms with Crippen LogP contribution in [0.3, 0.4) is 0 Å². The highest BCUT2D eigenvalue weighted by molar-refractivity contribution is 9.10. The Morgan fingerprint density at radius 1 is 1.13 bits per heavy atom.